The fraction of sp³-hybridized carbons (Fsp3) is 0.0625. The van der Waals surface area contributed by atoms with Crippen LogP contribution in [0.3, 0.4) is 0 Å². The Labute approximate surface area is 121 Å². The Morgan fingerprint density at radius 1 is 1.24 bits per heavy atom. The molecule has 0 amide bonds. The zero-order valence-corrected chi connectivity index (χ0v) is 11.5. The molecule has 1 N–H and O–H groups in total. The molecule has 5 heteroatoms. The number of aryl methyl sites for hydroxylation is 1. The second kappa shape index (κ2) is 5.20. The second-order valence-corrected chi connectivity index (χ2v) is 4.62. The number of para-hydroxylation sites is 1. The van der Waals surface area contributed by atoms with Crippen molar-refractivity contribution in [2.24, 2.45) is 0 Å². The molecule has 21 heavy (non-hydrogen) atoms. The lowest BCUT2D eigenvalue weighted by atomic mass is 10.0. The molecule has 0 atom stereocenters. The minimum atomic E-state index is -0.493. The van der Waals surface area contributed by atoms with E-state index in [2.05, 4.69) is 22.0 Å². The molecule has 0 saturated carbocycles. The highest BCUT2D eigenvalue weighted by atomic mass is 16.5. The van der Waals surface area contributed by atoms with Gasteiger partial charge in [0.1, 0.15) is 16.8 Å². The number of aromatic nitrogens is 3. The van der Waals surface area contributed by atoms with E-state index in [1.54, 1.807) is 6.07 Å². The average molecular weight is 279 g/mol. The second-order valence-electron chi connectivity index (χ2n) is 4.62. The number of esters is 1. The summed E-state index contributed by atoms with van der Waals surface area (Å²) in [6, 6.07) is 11.3. The van der Waals surface area contributed by atoms with Gasteiger partial charge in [-0.15, -0.1) is 0 Å². The number of carbonyl (C=O) groups is 1. The van der Waals surface area contributed by atoms with Gasteiger partial charge >= 0.3 is 5.97 Å². The zero-order chi connectivity index (χ0) is 14.8. The molecule has 104 valence electrons. The molecule has 3 aromatic rings. The van der Waals surface area contributed by atoms with Crippen molar-refractivity contribution in [1.29, 1.82) is 0 Å². The fourth-order valence-electron chi connectivity index (χ4n) is 2.18. The number of fused-ring (bicyclic) bond motifs is 1. The first-order valence-corrected chi connectivity index (χ1v) is 6.44. The van der Waals surface area contributed by atoms with Gasteiger partial charge in [0.05, 0.1) is 0 Å². The summed E-state index contributed by atoms with van der Waals surface area (Å²) in [5.74, 6) is -0.0200. The van der Waals surface area contributed by atoms with Crippen LogP contribution < -0.4 is 4.74 Å². The number of carbonyl (C=O) groups excluding carboxylic acids is 1. The highest BCUT2D eigenvalue weighted by molar-refractivity contribution is 5.94. The molecule has 1 heterocycles. The molecule has 0 aliphatic heterocycles. The monoisotopic (exact) mass is 279 g/mol. The Bertz CT molecular complexity index is 836. The lowest BCUT2D eigenvalue weighted by Crippen LogP contribution is -2.04. The van der Waals surface area contributed by atoms with Gasteiger partial charge < -0.3 is 4.74 Å². The van der Waals surface area contributed by atoms with Crippen LogP contribution >= 0.6 is 0 Å². The lowest BCUT2D eigenvalue weighted by molar-refractivity contribution is -0.128. The maximum atomic E-state index is 11.5. The number of ether oxygens (including phenoxy) is 1. The number of hydrogen-bond acceptors (Lipinski definition) is 4. The van der Waals surface area contributed by atoms with E-state index in [0.29, 0.717) is 5.75 Å². The van der Waals surface area contributed by atoms with Gasteiger partial charge in [-0.2, -0.15) is 15.4 Å². The third-order valence-corrected chi connectivity index (χ3v) is 3.15. The highest BCUT2D eigenvalue weighted by Gasteiger charge is 2.14. The Morgan fingerprint density at radius 3 is 2.90 bits per heavy atom. The Balaban J connectivity index is 2.21. The third-order valence-electron chi connectivity index (χ3n) is 3.15. The molecule has 1 aromatic heterocycles. The van der Waals surface area contributed by atoms with Crippen LogP contribution in [0.2, 0.25) is 0 Å². The van der Waals surface area contributed by atoms with Crippen LogP contribution in [-0.2, 0) is 4.79 Å². The molecule has 0 aliphatic carbocycles. The SMILES string of the molecule is C=CC(=O)Oc1ccc(C)cc1-c1cccc2n[nH]nc12. The number of rotatable bonds is 3. The predicted molar refractivity (Wildman–Crippen MR) is 79.9 cm³/mol. The van der Waals surface area contributed by atoms with Gasteiger partial charge in [-0.05, 0) is 25.1 Å². The molecule has 0 aliphatic rings. The predicted octanol–water partition coefficient (Wildman–Crippen LogP) is 3.02. The van der Waals surface area contributed by atoms with Gasteiger partial charge in [0.25, 0.3) is 0 Å². The molecule has 0 unspecified atom stereocenters. The van der Waals surface area contributed by atoms with Gasteiger partial charge in [-0.1, -0.05) is 30.3 Å². The van der Waals surface area contributed by atoms with Crippen LogP contribution in [-0.4, -0.2) is 21.4 Å². The minimum absolute atomic E-state index is 0.473. The summed E-state index contributed by atoms with van der Waals surface area (Å²) in [7, 11) is 0. The van der Waals surface area contributed by atoms with Crippen molar-refractivity contribution in [3.63, 3.8) is 0 Å². The van der Waals surface area contributed by atoms with Gasteiger partial charge in [-0.3, -0.25) is 0 Å². The van der Waals surface area contributed by atoms with Crippen LogP contribution in [0, 0.1) is 6.92 Å². The summed E-state index contributed by atoms with van der Waals surface area (Å²) in [4.78, 5) is 11.5. The first-order chi connectivity index (χ1) is 10.2. The number of nitrogens with zero attached hydrogens (tertiary/aromatic N) is 2. The van der Waals surface area contributed by atoms with Crippen LogP contribution in [0.15, 0.2) is 49.1 Å². The lowest BCUT2D eigenvalue weighted by Gasteiger charge is -2.10. The first-order valence-electron chi connectivity index (χ1n) is 6.44. The van der Waals surface area contributed by atoms with Crippen molar-refractivity contribution >= 4 is 17.0 Å². The molecule has 0 bridgehead atoms. The van der Waals surface area contributed by atoms with Crippen molar-refractivity contribution in [3.05, 3.63) is 54.6 Å². The summed E-state index contributed by atoms with van der Waals surface area (Å²) in [5, 5.41) is 10.9. The molecule has 2 aromatic carbocycles. The fourth-order valence-corrected chi connectivity index (χ4v) is 2.18. The van der Waals surface area contributed by atoms with Crippen LogP contribution in [0.5, 0.6) is 5.75 Å². The number of H-pyrrole nitrogens is 1. The molecule has 3 rings (SSSR count). The molecule has 0 saturated heterocycles. The maximum absolute atomic E-state index is 11.5. The number of nitrogens with one attached hydrogen (secondary N) is 1. The molecule has 5 nitrogen and oxygen atoms in total. The zero-order valence-electron chi connectivity index (χ0n) is 11.5. The molecular formula is C16H13N3O2. The third kappa shape index (κ3) is 2.41. The van der Waals surface area contributed by atoms with Crippen LogP contribution in [0.25, 0.3) is 22.2 Å². The average Bonchev–Trinajstić information content (AvgIpc) is 2.97. The van der Waals surface area contributed by atoms with E-state index in [9.17, 15) is 4.79 Å². The van der Waals surface area contributed by atoms with Crippen molar-refractivity contribution in [2.45, 2.75) is 6.92 Å². The molecule has 0 spiro atoms. The summed E-state index contributed by atoms with van der Waals surface area (Å²) in [5.41, 5.74) is 4.21. The van der Waals surface area contributed by atoms with Crippen molar-refractivity contribution < 1.29 is 9.53 Å². The molecule has 0 fully saturated rings. The van der Waals surface area contributed by atoms with E-state index in [0.717, 1.165) is 33.8 Å². The number of hydrogen-bond donors (Lipinski definition) is 1. The first kappa shape index (κ1) is 13.1. The Hall–Kier alpha value is -2.95. The molecule has 0 radical (unpaired) electrons. The summed E-state index contributed by atoms with van der Waals surface area (Å²) >= 11 is 0. The molecular weight excluding hydrogens is 266 g/mol. The van der Waals surface area contributed by atoms with Crippen molar-refractivity contribution in [3.8, 4) is 16.9 Å². The summed E-state index contributed by atoms with van der Waals surface area (Å²) in [6.45, 7) is 5.39. The van der Waals surface area contributed by atoms with E-state index in [4.69, 9.17) is 4.74 Å². The number of aromatic amines is 1. The Kier molecular flexibility index (Phi) is 3.23. The standard InChI is InChI=1S/C16H13N3O2/c1-3-15(20)21-14-8-7-10(2)9-12(14)11-5-4-6-13-16(11)18-19-17-13/h3-9H,1H2,2H3,(H,17,18,19). The van der Waals surface area contributed by atoms with Crippen LogP contribution in [0.4, 0.5) is 0 Å². The summed E-state index contributed by atoms with van der Waals surface area (Å²) < 4.78 is 5.31. The maximum Gasteiger partial charge on any atom is 0.335 e. The van der Waals surface area contributed by atoms with Crippen molar-refractivity contribution in [1.82, 2.24) is 15.4 Å². The smallest absolute Gasteiger partial charge is 0.335 e. The van der Waals surface area contributed by atoms with E-state index in [1.165, 1.54) is 0 Å². The van der Waals surface area contributed by atoms with Gasteiger partial charge in [-0.25, -0.2) is 4.79 Å². The van der Waals surface area contributed by atoms with Gasteiger partial charge in [0.2, 0.25) is 0 Å². The van der Waals surface area contributed by atoms with Gasteiger partial charge in [0.15, 0.2) is 0 Å². The minimum Gasteiger partial charge on any atom is -0.423 e. The normalized spacial score (nSPS) is 10.5. The van der Waals surface area contributed by atoms with Crippen molar-refractivity contribution in [2.75, 3.05) is 0 Å². The highest BCUT2D eigenvalue weighted by Crippen LogP contribution is 2.34. The van der Waals surface area contributed by atoms with E-state index in [1.807, 2.05) is 37.3 Å². The number of benzene rings is 2. The van der Waals surface area contributed by atoms with E-state index < -0.39 is 5.97 Å². The van der Waals surface area contributed by atoms with E-state index in [-0.39, 0.29) is 0 Å². The topological polar surface area (TPSA) is 67.9 Å². The van der Waals surface area contributed by atoms with Crippen LogP contribution in [0.1, 0.15) is 5.56 Å². The van der Waals surface area contributed by atoms with Gasteiger partial charge in [0, 0.05) is 17.2 Å². The van der Waals surface area contributed by atoms with E-state index >= 15 is 0 Å². The Morgan fingerprint density at radius 2 is 2.10 bits per heavy atom. The summed E-state index contributed by atoms with van der Waals surface area (Å²) in [6.07, 6.45) is 1.14. The largest absolute Gasteiger partial charge is 0.423 e. The quantitative estimate of drug-likeness (QED) is 0.454.